The Bertz CT molecular complexity index is 712. The number of benzene rings is 1. The van der Waals surface area contributed by atoms with Gasteiger partial charge in [0.15, 0.2) is 0 Å². The molecule has 108 valence electrons. The molecule has 4 nitrogen and oxygen atoms in total. The van der Waals surface area contributed by atoms with E-state index in [-0.39, 0.29) is 0 Å². The maximum absolute atomic E-state index is 4.51. The third-order valence-electron chi connectivity index (χ3n) is 3.59. The van der Waals surface area contributed by atoms with Crippen molar-refractivity contribution in [3.05, 3.63) is 54.5 Å². The van der Waals surface area contributed by atoms with Gasteiger partial charge in [-0.2, -0.15) is 0 Å². The molecule has 4 heteroatoms. The van der Waals surface area contributed by atoms with E-state index in [9.17, 15) is 0 Å². The van der Waals surface area contributed by atoms with E-state index < -0.39 is 0 Å². The smallest absolute Gasteiger partial charge is 0.203 e. The number of pyridine rings is 1. The fourth-order valence-electron chi connectivity index (χ4n) is 2.46. The highest BCUT2D eigenvalue weighted by atomic mass is 15.2. The van der Waals surface area contributed by atoms with Crippen LogP contribution in [-0.4, -0.2) is 21.1 Å². The van der Waals surface area contributed by atoms with Gasteiger partial charge in [0.05, 0.1) is 12.1 Å². The summed E-state index contributed by atoms with van der Waals surface area (Å²) in [7, 11) is 0. The summed E-state index contributed by atoms with van der Waals surface area (Å²) in [6, 6.07) is 10.4. The number of nitrogens with one attached hydrogen (secondary N) is 1. The fourth-order valence-corrected chi connectivity index (χ4v) is 2.46. The molecule has 0 radical (unpaired) electrons. The molecule has 0 aliphatic carbocycles. The standard InChI is InChI=1S/C17H20N4/c1-2-3-9-19-17-20-11-12-21(17)13-15-7-4-6-14-8-5-10-18-16(14)15/h4-8,10-12H,2-3,9,13H2,1H3,(H,19,20). The number of aromatic nitrogens is 3. The van der Waals surface area contributed by atoms with Gasteiger partial charge in [0, 0.05) is 30.5 Å². The highest BCUT2D eigenvalue weighted by Crippen LogP contribution is 2.18. The first-order valence-corrected chi connectivity index (χ1v) is 7.46. The Morgan fingerprint density at radius 3 is 2.90 bits per heavy atom. The quantitative estimate of drug-likeness (QED) is 0.700. The lowest BCUT2D eigenvalue weighted by molar-refractivity contribution is 0.777. The van der Waals surface area contributed by atoms with Crippen molar-refractivity contribution >= 4 is 16.9 Å². The molecule has 3 aromatic rings. The van der Waals surface area contributed by atoms with E-state index in [1.807, 2.05) is 24.7 Å². The molecule has 0 aliphatic heterocycles. The van der Waals surface area contributed by atoms with Gasteiger partial charge in [-0.3, -0.25) is 4.98 Å². The lowest BCUT2D eigenvalue weighted by Gasteiger charge is -2.11. The minimum absolute atomic E-state index is 0.781. The Kier molecular flexibility index (Phi) is 4.15. The summed E-state index contributed by atoms with van der Waals surface area (Å²) in [6.07, 6.45) is 8.03. The monoisotopic (exact) mass is 280 g/mol. The Hall–Kier alpha value is -2.36. The van der Waals surface area contributed by atoms with Gasteiger partial charge in [0.25, 0.3) is 0 Å². The van der Waals surface area contributed by atoms with Crippen LogP contribution in [0.1, 0.15) is 25.3 Å². The summed E-state index contributed by atoms with van der Waals surface area (Å²) < 4.78 is 2.14. The Morgan fingerprint density at radius 2 is 2.00 bits per heavy atom. The second kappa shape index (κ2) is 6.39. The number of unbranched alkanes of at least 4 members (excludes halogenated alkanes) is 1. The minimum Gasteiger partial charge on any atom is -0.356 e. The van der Waals surface area contributed by atoms with Gasteiger partial charge in [-0.15, -0.1) is 0 Å². The third-order valence-corrected chi connectivity index (χ3v) is 3.59. The summed E-state index contributed by atoms with van der Waals surface area (Å²) in [5.74, 6) is 0.927. The topological polar surface area (TPSA) is 42.7 Å². The number of hydrogen-bond donors (Lipinski definition) is 1. The number of para-hydroxylation sites is 1. The van der Waals surface area contributed by atoms with Crippen LogP contribution in [0.2, 0.25) is 0 Å². The zero-order valence-electron chi connectivity index (χ0n) is 12.3. The number of imidazole rings is 1. The van der Waals surface area contributed by atoms with Gasteiger partial charge in [-0.05, 0) is 18.1 Å². The van der Waals surface area contributed by atoms with Gasteiger partial charge in [0.1, 0.15) is 0 Å². The fraction of sp³-hybridized carbons (Fsp3) is 0.294. The Labute approximate surface area is 124 Å². The molecular formula is C17H20N4. The van der Waals surface area contributed by atoms with Crippen LogP contribution in [0.4, 0.5) is 5.95 Å². The van der Waals surface area contributed by atoms with Crippen LogP contribution in [0.5, 0.6) is 0 Å². The average molecular weight is 280 g/mol. The molecule has 2 heterocycles. The minimum atomic E-state index is 0.781. The van der Waals surface area contributed by atoms with E-state index in [0.29, 0.717) is 0 Å². The summed E-state index contributed by atoms with van der Waals surface area (Å²) >= 11 is 0. The number of hydrogen-bond acceptors (Lipinski definition) is 3. The maximum Gasteiger partial charge on any atom is 0.203 e. The van der Waals surface area contributed by atoms with Crippen molar-refractivity contribution in [3.8, 4) is 0 Å². The van der Waals surface area contributed by atoms with E-state index in [4.69, 9.17) is 0 Å². The molecule has 0 bridgehead atoms. The van der Waals surface area contributed by atoms with Gasteiger partial charge >= 0.3 is 0 Å². The van der Waals surface area contributed by atoms with Crippen molar-refractivity contribution in [1.82, 2.24) is 14.5 Å². The molecule has 0 saturated carbocycles. The van der Waals surface area contributed by atoms with Gasteiger partial charge in [-0.1, -0.05) is 37.6 Å². The number of anilines is 1. The van der Waals surface area contributed by atoms with Crippen molar-refractivity contribution < 1.29 is 0 Å². The van der Waals surface area contributed by atoms with E-state index in [2.05, 4.69) is 51.0 Å². The average Bonchev–Trinajstić information content (AvgIpc) is 2.95. The zero-order chi connectivity index (χ0) is 14.5. The van der Waals surface area contributed by atoms with Crippen LogP contribution in [-0.2, 0) is 6.54 Å². The first-order chi connectivity index (χ1) is 10.4. The molecular weight excluding hydrogens is 260 g/mol. The van der Waals surface area contributed by atoms with E-state index >= 15 is 0 Å². The molecule has 2 aromatic heterocycles. The SMILES string of the molecule is CCCCNc1nccn1Cc1cccc2cccnc12. The zero-order valence-corrected chi connectivity index (χ0v) is 12.3. The van der Waals surface area contributed by atoms with E-state index in [1.54, 1.807) is 0 Å². The summed E-state index contributed by atoms with van der Waals surface area (Å²) in [4.78, 5) is 8.91. The largest absolute Gasteiger partial charge is 0.356 e. The van der Waals surface area contributed by atoms with Crippen LogP contribution in [0.15, 0.2) is 48.9 Å². The second-order valence-electron chi connectivity index (χ2n) is 5.15. The molecule has 0 saturated heterocycles. The molecule has 1 N–H and O–H groups in total. The van der Waals surface area contributed by atoms with Crippen molar-refractivity contribution in [2.45, 2.75) is 26.3 Å². The number of fused-ring (bicyclic) bond motifs is 1. The van der Waals surface area contributed by atoms with Gasteiger partial charge in [-0.25, -0.2) is 4.98 Å². The number of nitrogens with zero attached hydrogens (tertiary/aromatic N) is 3. The molecule has 0 spiro atoms. The Morgan fingerprint density at radius 1 is 1.10 bits per heavy atom. The predicted molar refractivity (Wildman–Crippen MR) is 86.5 cm³/mol. The normalized spacial score (nSPS) is 10.9. The molecule has 0 unspecified atom stereocenters. The van der Waals surface area contributed by atoms with Crippen molar-refractivity contribution in [3.63, 3.8) is 0 Å². The summed E-state index contributed by atoms with van der Waals surface area (Å²) in [5, 5.41) is 4.57. The second-order valence-corrected chi connectivity index (χ2v) is 5.15. The molecule has 1 aromatic carbocycles. The first-order valence-electron chi connectivity index (χ1n) is 7.46. The van der Waals surface area contributed by atoms with Crippen LogP contribution >= 0.6 is 0 Å². The lowest BCUT2D eigenvalue weighted by Crippen LogP contribution is -2.09. The molecule has 0 aliphatic rings. The van der Waals surface area contributed by atoms with Crippen LogP contribution < -0.4 is 5.32 Å². The van der Waals surface area contributed by atoms with Crippen molar-refractivity contribution in [1.29, 1.82) is 0 Å². The number of rotatable bonds is 6. The Balaban J connectivity index is 1.84. The van der Waals surface area contributed by atoms with Gasteiger partial charge < -0.3 is 9.88 Å². The third kappa shape index (κ3) is 3.05. The highest BCUT2D eigenvalue weighted by molar-refractivity contribution is 5.81. The summed E-state index contributed by atoms with van der Waals surface area (Å²) in [5.41, 5.74) is 2.28. The molecule has 3 rings (SSSR count). The van der Waals surface area contributed by atoms with E-state index in [1.165, 1.54) is 17.4 Å². The first kappa shape index (κ1) is 13.6. The lowest BCUT2D eigenvalue weighted by atomic mass is 10.1. The molecule has 0 amide bonds. The van der Waals surface area contributed by atoms with Gasteiger partial charge in [0.2, 0.25) is 5.95 Å². The highest BCUT2D eigenvalue weighted by Gasteiger charge is 2.06. The molecule has 21 heavy (non-hydrogen) atoms. The van der Waals surface area contributed by atoms with Crippen LogP contribution in [0, 0.1) is 0 Å². The van der Waals surface area contributed by atoms with Crippen molar-refractivity contribution in [2.24, 2.45) is 0 Å². The van der Waals surface area contributed by atoms with E-state index in [0.717, 1.165) is 31.0 Å². The predicted octanol–water partition coefficient (Wildman–Crippen LogP) is 3.69. The molecule has 0 fully saturated rings. The van der Waals surface area contributed by atoms with Crippen molar-refractivity contribution in [2.75, 3.05) is 11.9 Å². The summed E-state index contributed by atoms with van der Waals surface area (Å²) in [6.45, 7) is 3.93. The maximum atomic E-state index is 4.51. The van der Waals surface area contributed by atoms with Crippen LogP contribution in [0.3, 0.4) is 0 Å². The van der Waals surface area contributed by atoms with Crippen LogP contribution in [0.25, 0.3) is 10.9 Å². The molecule has 0 atom stereocenters.